The summed E-state index contributed by atoms with van der Waals surface area (Å²) in [6.07, 6.45) is 4.98. The SMILES string of the molecule is CN1CCN(C(=O)Cn2cnc(-c3ccccc3F)c2-c2ccncc2)CC1. The second-order valence-electron chi connectivity index (χ2n) is 6.97. The summed E-state index contributed by atoms with van der Waals surface area (Å²) in [7, 11) is 2.06. The highest BCUT2D eigenvalue weighted by Crippen LogP contribution is 2.32. The Labute approximate surface area is 163 Å². The molecule has 3 heterocycles. The molecule has 2 aromatic heterocycles. The van der Waals surface area contributed by atoms with E-state index in [1.807, 2.05) is 17.0 Å². The van der Waals surface area contributed by atoms with E-state index in [0.717, 1.165) is 37.4 Å². The maximum Gasteiger partial charge on any atom is 0.242 e. The molecule has 3 aromatic rings. The fourth-order valence-corrected chi connectivity index (χ4v) is 3.47. The predicted molar refractivity (Wildman–Crippen MR) is 105 cm³/mol. The highest BCUT2D eigenvalue weighted by molar-refractivity contribution is 5.81. The van der Waals surface area contributed by atoms with Gasteiger partial charge in [0, 0.05) is 49.7 Å². The van der Waals surface area contributed by atoms with Gasteiger partial charge in [-0.2, -0.15) is 0 Å². The molecule has 144 valence electrons. The van der Waals surface area contributed by atoms with Crippen molar-refractivity contribution in [2.45, 2.75) is 6.54 Å². The summed E-state index contributed by atoms with van der Waals surface area (Å²) >= 11 is 0. The summed E-state index contributed by atoms with van der Waals surface area (Å²) in [4.78, 5) is 25.4. The molecular formula is C21H22FN5O. The van der Waals surface area contributed by atoms with Crippen LogP contribution in [0.15, 0.2) is 55.1 Å². The molecule has 7 heteroatoms. The van der Waals surface area contributed by atoms with Crippen molar-refractivity contribution in [2.24, 2.45) is 0 Å². The zero-order valence-corrected chi connectivity index (χ0v) is 15.8. The molecule has 0 aliphatic carbocycles. The molecule has 0 spiro atoms. The lowest BCUT2D eigenvalue weighted by Gasteiger charge is -2.32. The number of carbonyl (C=O) groups is 1. The summed E-state index contributed by atoms with van der Waals surface area (Å²) in [5.74, 6) is -0.297. The maximum absolute atomic E-state index is 14.4. The Balaban J connectivity index is 1.70. The third kappa shape index (κ3) is 3.66. The van der Waals surface area contributed by atoms with Gasteiger partial charge in [0.25, 0.3) is 0 Å². The number of rotatable bonds is 4. The largest absolute Gasteiger partial charge is 0.339 e. The second kappa shape index (κ2) is 7.90. The summed E-state index contributed by atoms with van der Waals surface area (Å²) in [5.41, 5.74) is 2.50. The molecule has 6 nitrogen and oxygen atoms in total. The van der Waals surface area contributed by atoms with Crippen LogP contribution in [0.5, 0.6) is 0 Å². The van der Waals surface area contributed by atoms with Gasteiger partial charge in [0.2, 0.25) is 5.91 Å². The van der Waals surface area contributed by atoms with Gasteiger partial charge in [-0.05, 0) is 31.3 Å². The summed E-state index contributed by atoms with van der Waals surface area (Å²) in [6, 6.07) is 10.2. The van der Waals surface area contributed by atoms with Crippen LogP contribution in [0.25, 0.3) is 22.5 Å². The molecule has 0 saturated carbocycles. The number of carbonyl (C=O) groups excluding carboxylic acids is 1. The minimum atomic E-state index is -0.339. The van der Waals surface area contributed by atoms with Gasteiger partial charge >= 0.3 is 0 Å². The fraction of sp³-hybridized carbons (Fsp3) is 0.286. The summed E-state index contributed by atoms with van der Waals surface area (Å²) < 4.78 is 16.2. The molecule has 0 bridgehead atoms. The average molecular weight is 379 g/mol. The Morgan fingerprint density at radius 2 is 1.79 bits per heavy atom. The number of pyridine rings is 1. The first-order valence-electron chi connectivity index (χ1n) is 9.30. The first-order chi connectivity index (χ1) is 13.6. The molecule has 0 radical (unpaired) electrons. The van der Waals surface area contributed by atoms with Gasteiger partial charge < -0.3 is 14.4 Å². The number of hydrogen-bond donors (Lipinski definition) is 0. The molecule has 1 aliphatic rings. The Morgan fingerprint density at radius 3 is 2.50 bits per heavy atom. The third-order valence-electron chi connectivity index (χ3n) is 5.08. The highest BCUT2D eigenvalue weighted by Gasteiger charge is 2.23. The molecule has 1 aromatic carbocycles. The van der Waals surface area contributed by atoms with Crippen molar-refractivity contribution in [3.8, 4) is 22.5 Å². The van der Waals surface area contributed by atoms with Crippen LogP contribution in [0.2, 0.25) is 0 Å². The standard InChI is InChI=1S/C21H22FN5O/c1-25-10-12-26(13-11-25)19(28)14-27-15-24-20(17-4-2-3-5-18(17)22)21(27)16-6-8-23-9-7-16/h2-9,15H,10-14H2,1H3. The number of imidazole rings is 1. The van der Waals surface area contributed by atoms with Crippen LogP contribution in [0.3, 0.4) is 0 Å². The molecule has 28 heavy (non-hydrogen) atoms. The Morgan fingerprint density at radius 1 is 1.07 bits per heavy atom. The molecule has 1 saturated heterocycles. The zero-order valence-electron chi connectivity index (χ0n) is 15.8. The van der Waals surface area contributed by atoms with E-state index >= 15 is 0 Å². The third-order valence-corrected chi connectivity index (χ3v) is 5.08. The number of nitrogens with zero attached hydrogens (tertiary/aromatic N) is 5. The van der Waals surface area contributed by atoms with Gasteiger partial charge in [-0.3, -0.25) is 9.78 Å². The molecule has 1 fully saturated rings. The summed E-state index contributed by atoms with van der Waals surface area (Å²) in [5, 5.41) is 0. The van der Waals surface area contributed by atoms with E-state index in [9.17, 15) is 9.18 Å². The molecule has 0 unspecified atom stereocenters. The predicted octanol–water partition coefficient (Wildman–Crippen LogP) is 2.53. The first kappa shape index (κ1) is 18.3. The van der Waals surface area contributed by atoms with E-state index in [4.69, 9.17) is 0 Å². The van der Waals surface area contributed by atoms with Crippen LogP contribution in [0, 0.1) is 5.82 Å². The van der Waals surface area contributed by atoms with Crippen molar-refractivity contribution >= 4 is 5.91 Å². The van der Waals surface area contributed by atoms with Crippen molar-refractivity contribution < 1.29 is 9.18 Å². The minimum absolute atomic E-state index is 0.0425. The normalized spacial score (nSPS) is 15.0. The molecule has 0 N–H and O–H groups in total. The number of halogens is 1. The van der Waals surface area contributed by atoms with E-state index in [0.29, 0.717) is 11.3 Å². The second-order valence-corrected chi connectivity index (χ2v) is 6.97. The summed E-state index contributed by atoms with van der Waals surface area (Å²) in [6.45, 7) is 3.34. The number of aromatic nitrogens is 3. The van der Waals surface area contributed by atoms with Crippen LogP contribution in [-0.2, 0) is 11.3 Å². The lowest BCUT2D eigenvalue weighted by Crippen LogP contribution is -2.48. The van der Waals surface area contributed by atoms with Crippen molar-refractivity contribution in [3.05, 3.63) is 60.9 Å². The lowest BCUT2D eigenvalue weighted by atomic mass is 10.1. The zero-order chi connectivity index (χ0) is 19.5. The van der Waals surface area contributed by atoms with Gasteiger partial charge in [-0.1, -0.05) is 12.1 Å². The van der Waals surface area contributed by atoms with Gasteiger partial charge in [-0.15, -0.1) is 0 Å². The Hall–Kier alpha value is -3.06. The number of amides is 1. The van der Waals surface area contributed by atoms with E-state index in [1.54, 1.807) is 41.5 Å². The average Bonchev–Trinajstić information content (AvgIpc) is 3.12. The van der Waals surface area contributed by atoms with E-state index in [1.165, 1.54) is 6.07 Å². The lowest BCUT2D eigenvalue weighted by molar-refractivity contribution is -0.133. The maximum atomic E-state index is 14.4. The fourth-order valence-electron chi connectivity index (χ4n) is 3.47. The van der Waals surface area contributed by atoms with Crippen LogP contribution in [0.4, 0.5) is 4.39 Å². The first-order valence-corrected chi connectivity index (χ1v) is 9.30. The van der Waals surface area contributed by atoms with Crippen LogP contribution in [-0.4, -0.2) is 63.5 Å². The number of likely N-dealkylation sites (N-methyl/N-ethyl adjacent to an activating group) is 1. The number of hydrogen-bond acceptors (Lipinski definition) is 4. The van der Waals surface area contributed by atoms with E-state index in [-0.39, 0.29) is 18.3 Å². The van der Waals surface area contributed by atoms with E-state index < -0.39 is 0 Å². The van der Waals surface area contributed by atoms with Crippen molar-refractivity contribution in [3.63, 3.8) is 0 Å². The van der Waals surface area contributed by atoms with Gasteiger partial charge in [0.05, 0.1) is 17.7 Å². The smallest absolute Gasteiger partial charge is 0.242 e. The van der Waals surface area contributed by atoms with Crippen molar-refractivity contribution in [1.29, 1.82) is 0 Å². The number of benzene rings is 1. The molecule has 4 rings (SSSR count). The molecule has 1 aliphatic heterocycles. The topological polar surface area (TPSA) is 54.3 Å². The van der Waals surface area contributed by atoms with Crippen molar-refractivity contribution in [2.75, 3.05) is 33.2 Å². The van der Waals surface area contributed by atoms with Crippen molar-refractivity contribution in [1.82, 2.24) is 24.3 Å². The Kier molecular flexibility index (Phi) is 5.16. The Bertz CT molecular complexity index is 964. The van der Waals surface area contributed by atoms with Gasteiger partial charge in [-0.25, -0.2) is 9.37 Å². The van der Waals surface area contributed by atoms with Crippen LogP contribution in [0.1, 0.15) is 0 Å². The monoisotopic (exact) mass is 379 g/mol. The molecular weight excluding hydrogens is 357 g/mol. The quantitative estimate of drug-likeness (QED) is 0.699. The molecule has 0 atom stereocenters. The number of piperazine rings is 1. The minimum Gasteiger partial charge on any atom is -0.339 e. The highest BCUT2D eigenvalue weighted by atomic mass is 19.1. The van der Waals surface area contributed by atoms with Crippen LogP contribution >= 0.6 is 0 Å². The van der Waals surface area contributed by atoms with Crippen LogP contribution < -0.4 is 0 Å². The van der Waals surface area contributed by atoms with Gasteiger partial charge in [0.15, 0.2) is 0 Å². The van der Waals surface area contributed by atoms with E-state index in [2.05, 4.69) is 21.9 Å². The van der Waals surface area contributed by atoms with Gasteiger partial charge in [0.1, 0.15) is 12.4 Å². The molecule has 1 amide bonds.